The van der Waals surface area contributed by atoms with Crippen molar-refractivity contribution in [1.82, 2.24) is 9.88 Å². The lowest BCUT2D eigenvalue weighted by molar-refractivity contribution is -0.138. The van der Waals surface area contributed by atoms with E-state index in [0.717, 1.165) is 24.3 Å². The van der Waals surface area contributed by atoms with Crippen molar-refractivity contribution in [2.45, 2.75) is 6.18 Å². The Balaban J connectivity index is 0.00000280. The molecule has 1 saturated heterocycles. The van der Waals surface area contributed by atoms with Gasteiger partial charge in [-0.05, 0) is 12.1 Å². The Hall–Kier alpha value is -1.76. The van der Waals surface area contributed by atoms with Crippen LogP contribution in [-0.2, 0) is 6.18 Å². The van der Waals surface area contributed by atoms with Crippen LogP contribution in [0.25, 0.3) is 0 Å². The molecule has 0 amide bonds. The maximum absolute atomic E-state index is 12.9. The third kappa shape index (κ3) is 5.87. The number of ether oxygens (including phenoxy) is 1. The summed E-state index contributed by atoms with van der Waals surface area (Å²) in [5, 5.41) is 2.93. The standard InChI is InChI=1S/C17H20F3N5OS.HI/c18-17(19,20)13-3-1-2-4-14(13)26-11-5-22-15(21)24-7-9-25(10-8-24)16-23-6-12-27-16;/h1-4,6,12H,5,7-11H2,(H2,21,22);1H. The number of aliphatic imine (C=N–C) groups is 1. The molecule has 1 aromatic heterocycles. The Morgan fingerprint density at radius 1 is 1.21 bits per heavy atom. The van der Waals surface area contributed by atoms with E-state index >= 15 is 0 Å². The molecular formula is C17H21F3IN5OS. The van der Waals surface area contributed by atoms with Crippen molar-refractivity contribution in [3.63, 3.8) is 0 Å². The third-order valence-corrected chi connectivity index (χ3v) is 4.94. The minimum Gasteiger partial charge on any atom is -0.491 e. The van der Waals surface area contributed by atoms with Gasteiger partial charge in [0.25, 0.3) is 0 Å². The molecule has 2 N–H and O–H groups in total. The highest BCUT2D eigenvalue weighted by atomic mass is 127. The normalized spacial score (nSPS) is 15.3. The van der Waals surface area contributed by atoms with Crippen LogP contribution in [0.5, 0.6) is 5.75 Å². The van der Waals surface area contributed by atoms with E-state index < -0.39 is 11.7 Å². The van der Waals surface area contributed by atoms with Gasteiger partial charge >= 0.3 is 6.18 Å². The van der Waals surface area contributed by atoms with Crippen molar-refractivity contribution in [3.05, 3.63) is 41.4 Å². The zero-order chi connectivity index (χ0) is 19.3. The number of guanidine groups is 1. The zero-order valence-electron chi connectivity index (χ0n) is 14.9. The van der Waals surface area contributed by atoms with E-state index in [4.69, 9.17) is 10.5 Å². The second-order valence-corrected chi connectivity index (χ2v) is 6.74. The second kappa shape index (κ2) is 10.1. The number of nitrogens with two attached hydrogens (primary N) is 1. The van der Waals surface area contributed by atoms with Crippen LogP contribution in [0, 0.1) is 0 Å². The molecule has 1 fully saturated rings. The fraction of sp³-hybridized carbons (Fsp3) is 0.412. The summed E-state index contributed by atoms with van der Waals surface area (Å²) in [6.45, 7) is 3.22. The van der Waals surface area contributed by atoms with Gasteiger partial charge in [0, 0.05) is 37.8 Å². The van der Waals surface area contributed by atoms with E-state index in [2.05, 4.69) is 14.9 Å². The van der Waals surface area contributed by atoms with E-state index in [9.17, 15) is 13.2 Å². The number of aromatic nitrogens is 1. The summed E-state index contributed by atoms with van der Waals surface area (Å²) in [6, 6.07) is 5.13. The number of benzene rings is 1. The Morgan fingerprint density at radius 2 is 1.93 bits per heavy atom. The molecule has 2 aromatic rings. The molecule has 0 bridgehead atoms. The summed E-state index contributed by atoms with van der Waals surface area (Å²) in [4.78, 5) is 12.7. The highest BCUT2D eigenvalue weighted by Crippen LogP contribution is 2.35. The van der Waals surface area contributed by atoms with Crippen molar-refractivity contribution in [1.29, 1.82) is 0 Å². The van der Waals surface area contributed by atoms with Gasteiger partial charge in [-0.15, -0.1) is 35.3 Å². The first-order valence-electron chi connectivity index (χ1n) is 8.43. The Bertz CT molecular complexity index is 764. The van der Waals surface area contributed by atoms with Crippen LogP contribution in [0.15, 0.2) is 40.8 Å². The highest BCUT2D eigenvalue weighted by Gasteiger charge is 2.33. The number of anilines is 1. The predicted molar refractivity (Wildman–Crippen MR) is 115 cm³/mol. The first-order valence-corrected chi connectivity index (χ1v) is 9.31. The van der Waals surface area contributed by atoms with Gasteiger partial charge in [-0.25, -0.2) is 9.98 Å². The molecule has 1 aromatic carbocycles. The van der Waals surface area contributed by atoms with Gasteiger partial charge in [0.1, 0.15) is 12.4 Å². The molecule has 0 spiro atoms. The van der Waals surface area contributed by atoms with E-state index in [-0.39, 0.29) is 42.9 Å². The number of piperazine rings is 1. The summed E-state index contributed by atoms with van der Waals surface area (Å²) in [5.74, 6) is 0.178. The first kappa shape index (κ1) is 22.5. The average molecular weight is 527 g/mol. The maximum atomic E-state index is 12.9. The van der Waals surface area contributed by atoms with Gasteiger partial charge in [-0.2, -0.15) is 13.2 Å². The van der Waals surface area contributed by atoms with E-state index in [1.54, 1.807) is 17.5 Å². The number of nitrogens with zero attached hydrogens (tertiary/aromatic N) is 4. The van der Waals surface area contributed by atoms with E-state index in [1.807, 2.05) is 10.3 Å². The van der Waals surface area contributed by atoms with Crippen LogP contribution < -0.4 is 15.4 Å². The minimum absolute atomic E-state index is 0. The molecule has 0 radical (unpaired) electrons. The molecule has 6 nitrogen and oxygen atoms in total. The van der Waals surface area contributed by atoms with E-state index in [1.165, 1.54) is 18.2 Å². The van der Waals surface area contributed by atoms with Crippen LogP contribution in [0.1, 0.15) is 5.56 Å². The molecule has 2 heterocycles. The van der Waals surface area contributed by atoms with Crippen molar-refractivity contribution in [2.75, 3.05) is 44.2 Å². The Labute approximate surface area is 182 Å². The monoisotopic (exact) mass is 527 g/mol. The molecule has 11 heteroatoms. The minimum atomic E-state index is -4.45. The van der Waals surface area contributed by atoms with Crippen LogP contribution in [0.2, 0.25) is 0 Å². The predicted octanol–water partition coefficient (Wildman–Crippen LogP) is 3.30. The Morgan fingerprint density at radius 3 is 2.57 bits per heavy atom. The van der Waals surface area contributed by atoms with Gasteiger partial charge in [-0.1, -0.05) is 12.1 Å². The van der Waals surface area contributed by atoms with E-state index in [0.29, 0.717) is 19.0 Å². The summed E-state index contributed by atoms with van der Waals surface area (Å²) in [5.41, 5.74) is 5.21. The van der Waals surface area contributed by atoms with Crippen LogP contribution in [0.4, 0.5) is 18.3 Å². The number of rotatable bonds is 5. The van der Waals surface area contributed by atoms with Gasteiger partial charge in [0.05, 0.1) is 12.1 Å². The molecule has 0 saturated carbocycles. The second-order valence-electron chi connectivity index (χ2n) is 5.87. The van der Waals surface area contributed by atoms with Crippen LogP contribution in [-0.4, -0.2) is 55.2 Å². The molecule has 0 unspecified atom stereocenters. The molecular weight excluding hydrogens is 506 g/mol. The number of para-hydroxylation sites is 1. The highest BCUT2D eigenvalue weighted by molar-refractivity contribution is 14.0. The fourth-order valence-electron chi connectivity index (χ4n) is 2.74. The maximum Gasteiger partial charge on any atom is 0.419 e. The topological polar surface area (TPSA) is 67.0 Å². The first-order chi connectivity index (χ1) is 12.9. The van der Waals surface area contributed by atoms with Gasteiger partial charge < -0.3 is 20.3 Å². The number of hydrogen-bond acceptors (Lipinski definition) is 5. The third-order valence-electron chi connectivity index (χ3n) is 4.11. The van der Waals surface area contributed by atoms with Gasteiger partial charge in [0.2, 0.25) is 0 Å². The van der Waals surface area contributed by atoms with Gasteiger partial charge in [-0.3, -0.25) is 0 Å². The molecule has 0 atom stereocenters. The largest absolute Gasteiger partial charge is 0.491 e. The number of hydrogen-bond donors (Lipinski definition) is 1. The zero-order valence-corrected chi connectivity index (χ0v) is 18.1. The molecule has 1 aliphatic heterocycles. The average Bonchev–Trinajstić information content (AvgIpc) is 3.19. The molecule has 3 rings (SSSR count). The lowest BCUT2D eigenvalue weighted by Gasteiger charge is -2.35. The summed E-state index contributed by atoms with van der Waals surface area (Å²) >= 11 is 1.59. The van der Waals surface area contributed by atoms with Crippen LogP contribution in [0.3, 0.4) is 0 Å². The molecule has 154 valence electrons. The smallest absolute Gasteiger partial charge is 0.419 e. The summed E-state index contributed by atoms with van der Waals surface area (Å²) in [7, 11) is 0. The van der Waals surface area contributed by atoms with Crippen molar-refractivity contribution in [3.8, 4) is 5.75 Å². The number of alkyl halides is 3. The molecule has 1 aliphatic rings. The quantitative estimate of drug-likeness (QED) is 0.280. The summed E-state index contributed by atoms with van der Waals surface area (Å²) < 4.78 is 44.0. The number of thiazole rings is 1. The lowest BCUT2D eigenvalue weighted by atomic mass is 10.2. The fourth-order valence-corrected chi connectivity index (χ4v) is 3.44. The Kier molecular flexibility index (Phi) is 8.16. The van der Waals surface area contributed by atoms with Crippen LogP contribution >= 0.6 is 35.3 Å². The van der Waals surface area contributed by atoms with Gasteiger partial charge in [0.15, 0.2) is 11.1 Å². The van der Waals surface area contributed by atoms with Crippen molar-refractivity contribution >= 4 is 46.4 Å². The molecule has 0 aliphatic carbocycles. The summed E-state index contributed by atoms with van der Waals surface area (Å²) in [6.07, 6.45) is -2.67. The molecule has 28 heavy (non-hydrogen) atoms. The lowest BCUT2D eigenvalue weighted by Crippen LogP contribution is -2.51. The van der Waals surface area contributed by atoms with Crippen molar-refractivity contribution in [2.24, 2.45) is 10.7 Å². The number of halogens is 4. The SMILES string of the molecule is I.NC(=NCCOc1ccccc1C(F)(F)F)N1CCN(c2nccs2)CC1. The van der Waals surface area contributed by atoms with Crippen molar-refractivity contribution < 1.29 is 17.9 Å².